The van der Waals surface area contributed by atoms with Crippen molar-refractivity contribution in [3.05, 3.63) is 54.1 Å². The van der Waals surface area contributed by atoms with Crippen LogP contribution in [0.1, 0.15) is 70.1 Å². The van der Waals surface area contributed by atoms with Gasteiger partial charge in [-0.15, -0.1) is 0 Å². The van der Waals surface area contributed by atoms with E-state index in [1.165, 1.54) is 17.6 Å². The fraction of sp³-hybridized carbons (Fsp3) is 0.657. The summed E-state index contributed by atoms with van der Waals surface area (Å²) in [6.45, 7) is 5.51. The first-order chi connectivity index (χ1) is 22.6. The van der Waals surface area contributed by atoms with Gasteiger partial charge in [0.25, 0.3) is 0 Å². The number of benzene rings is 1. The van der Waals surface area contributed by atoms with Crippen molar-refractivity contribution in [2.24, 2.45) is 11.8 Å². The average Bonchev–Trinajstić information content (AvgIpc) is 3.60. The van der Waals surface area contributed by atoms with Crippen LogP contribution in [0.15, 0.2) is 42.9 Å². The number of hydrogen-bond donors (Lipinski definition) is 5. The van der Waals surface area contributed by atoms with Gasteiger partial charge in [-0.1, -0.05) is 76.3 Å². The maximum Gasteiger partial charge on any atom is 0.318 e. The van der Waals surface area contributed by atoms with Gasteiger partial charge in [0.2, 0.25) is 11.8 Å². The summed E-state index contributed by atoms with van der Waals surface area (Å²) in [5, 5.41) is 28.0. The predicted molar refractivity (Wildman–Crippen MR) is 178 cm³/mol. The fourth-order valence-electron chi connectivity index (χ4n) is 6.52. The van der Waals surface area contributed by atoms with Crippen molar-refractivity contribution < 1.29 is 29.3 Å². The molecule has 1 aliphatic carbocycles. The van der Waals surface area contributed by atoms with Crippen LogP contribution >= 0.6 is 0 Å². The first-order valence-electron chi connectivity index (χ1n) is 17.2. The van der Waals surface area contributed by atoms with Crippen LogP contribution in [0.3, 0.4) is 0 Å². The molecule has 1 aliphatic heterocycles. The zero-order chi connectivity index (χ0) is 33.8. The van der Waals surface area contributed by atoms with Gasteiger partial charge in [0.05, 0.1) is 37.8 Å². The van der Waals surface area contributed by atoms with E-state index in [4.69, 9.17) is 4.74 Å². The summed E-state index contributed by atoms with van der Waals surface area (Å²) in [6.07, 6.45) is 8.11. The Hall–Kier alpha value is -3.48. The van der Waals surface area contributed by atoms with Crippen molar-refractivity contribution in [3.63, 3.8) is 0 Å². The van der Waals surface area contributed by atoms with Gasteiger partial charge in [-0.2, -0.15) is 0 Å². The van der Waals surface area contributed by atoms with Gasteiger partial charge in [-0.25, -0.2) is 9.78 Å². The lowest BCUT2D eigenvalue weighted by atomic mass is 9.82. The van der Waals surface area contributed by atoms with E-state index in [-0.39, 0.29) is 31.2 Å². The largest absolute Gasteiger partial charge is 0.393 e. The number of aromatic nitrogens is 2. The van der Waals surface area contributed by atoms with Crippen molar-refractivity contribution in [1.29, 1.82) is 0 Å². The third-order valence-corrected chi connectivity index (χ3v) is 9.62. The highest BCUT2D eigenvalue weighted by atomic mass is 16.5. The lowest BCUT2D eigenvalue weighted by molar-refractivity contribution is -0.141. The third-order valence-electron chi connectivity index (χ3n) is 9.62. The Morgan fingerprint density at radius 1 is 1.02 bits per heavy atom. The summed E-state index contributed by atoms with van der Waals surface area (Å²) in [7, 11) is 1.58. The molecule has 0 radical (unpaired) electrons. The normalized spacial score (nSPS) is 19.0. The Morgan fingerprint density at radius 3 is 2.36 bits per heavy atom. The summed E-state index contributed by atoms with van der Waals surface area (Å²) in [4.78, 5) is 52.0. The number of H-pyrrole nitrogens is 1. The number of aliphatic hydroxyl groups excluding tert-OH is 2. The Kier molecular flexibility index (Phi) is 14.1. The number of urea groups is 1. The molecule has 1 aromatic heterocycles. The standard InChI is InChI=1S/C35H54N6O6/c1-24(2)31(42)21-32(43)28(18-25-10-6-4-7-11-25)38-33(44)30(20-27-22-36-23-37-27)40(3)34(45)29(19-26-12-8-5-9-13-26)39-35(46)41-14-16-47-17-15-41/h5,8-9,12-13,22-25,28-32,42-43H,4,6-7,10-11,14-21H2,1-3H3,(H,36,37)(H,38,44)(H,39,46)/t28-,29-,30-,31?,32?/m0/s1. The zero-order valence-electron chi connectivity index (χ0n) is 28.1. The second-order valence-electron chi connectivity index (χ2n) is 13.5. The van der Waals surface area contributed by atoms with Crippen LogP contribution in [0.25, 0.3) is 0 Å². The maximum atomic E-state index is 14.3. The van der Waals surface area contributed by atoms with Crippen molar-refractivity contribution in [1.82, 2.24) is 30.4 Å². The van der Waals surface area contributed by atoms with Crippen LogP contribution in [0.2, 0.25) is 0 Å². The first-order valence-corrected chi connectivity index (χ1v) is 17.2. The molecule has 2 aromatic rings. The number of nitrogens with zero attached hydrogens (tertiary/aromatic N) is 3. The first kappa shape index (κ1) is 36.4. The Bertz CT molecular complexity index is 1230. The van der Waals surface area contributed by atoms with E-state index in [1.807, 2.05) is 44.2 Å². The number of morpholine rings is 1. The van der Waals surface area contributed by atoms with E-state index in [1.54, 1.807) is 18.1 Å². The molecule has 0 spiro atoms. The number of imidazole rings is 1. The van der Waals surface area contributed by atoms with Crippen molar-refractivity contribution >= 4 is 17.8 Å². The molecule has 12 nitrogen and oxygen atoms in total. The Morgan fingerprint density at radius 2 is 1.72 bits per heavy atom. The van der Waals surface area contributed by atoms with Crippen molar-refractivity contribution in [3.8, 4) is 0 Å². The van der Waals surface area contributed by atoms with E-state index in [0.717, 1.165) is 31.2 Å². The fourth-order valence-corrected chi connectivity index (χ4v) is 6.52. The van der Waals surface area contributed by atoms with Gasteiger partial charge < -0.3 is 40.4 Å². The highest BCUT2D eigenvalue weighted by Gasteiger charge is 2.36. The number of rotatable bonds is 15. The molecule has 2 fully saturated rings. The number of ether oxygens (including phenoxy) is 1. The average molecular weight is 655 g/mol. The molecule has 1 saturated heterocycles. The molecule has 4 rings (SSSR count). The quantitative estimate of drug-likeness (QED) is 0.197. The van der Waals surface area contributed by atoms with E-state index in [2.05, 4.69) is 20.6 Å². The van der Waals surface area contributed by atoms with Gasteiger partial charge in [0.1, 0.15) is 12.1 Å². The number of carbonyl (C=O) groups is 3. The van der Waals surface area contributed by atoms with Gasteiger partial charge in [-0.05, 0) is 23.8 Å². The van der Waals surface area contributed by atoms with Crippen LogP contribution in [-0.4, -0.2) is 112 Å². The highest BCUT2D eigenvalue weighted by molar-refractivity contribution is 5.92. The number of aliphatic hydroxyl groups is 2. The molecule has 5 atom stereocenters. The van der Waals surface area contributed by atoms with E-state index >= 15 is 0 Å². The number of amides is 4. The molecular weight excluding hydrogens is 600 g/mol. The molecule has 47 heavy (non-hydrogen) atoms. The number of carbonyl (C=O) groups excluding carboxylic acids is 3. The van der Waals surface area contributed by atoms with E-state index < -0.39 is 42.1 Å². The molecule has 1 aromatic carbocycles. The lowest BCUT2D eigenvalue weighted by Gasteiger charge is -2.35. The lowest BCUT2D eigenvalue weighted by Crippen LogP contribution is -2.59. The molecule has 5 N–H and O–H groups in total. The second kappa shape index (κ2) is 18.2. The molecule has 2 heterocycles. The molecule has 4 amide bonds. The number of aromatic amines is 1. The summed E-state index contributed by atoms with van der Waals surface area (Å²) in [5.74, 6) is -0.500. The predicted octanol–water partition coefficient (Wildman–Crippen LogP) is 2.66. The number of nitrogens with one attached hydrogen (secondary N) is 3. The highest BCUT2D eigenvalue weighted by Crippen LogP contribution is 2.29. The Labute approximate surface area is 278 Å². The molecule has 2 unspecified atom stereocenters. The summed E-state index contributed by atoms with van der Waals surface area (Å²) >= 11 is 0. The minimum atomic E-state index is -0.961. The van der Waals surface area contributed by atoms with E-state index in [0.29, 0.717) is 44.3 Å². The third kappa shape index (κ3) is 11.0. The zero-order valence-corrected chi connectivity index (χ0v) is 28.1. The molecule has 1 saturated carbocycles. The monoisotopic (exact) mass is 654 g/mol. The van der Waals surface area contributed by atoms with Crippen LogP contribution in [0.4, 0.5) is 4.79 Å². The van der Waals surface area contributed by atoms with Gasteiger partial charge in [-0.3, -0.25) is 9.59 Å². The molecule has 260 valence electrons. The SMILES string of the molecule is CC(C)C(O)CC(O)[C@H](CC1CCCCC1)NC(=O)[C@H](Cc1cnc[nH]1)N(C)C(=O)[C@H](Cc1ccccc1)NC(=O)N1CCOCC1. The van der Waals surface area contributed by atoms with Crippen LogP contribution in [0, 0.1) is 11.8 Å². The van der Waals surface area contributed by atoms with Gasteiger partial charge in [0, 0.05) is 51.3 Å². The minimum Gasteiger partial charge on any atom is -0.393 e. The summed E-state index contributed by atoms with van der Waals surface area (Å²) in [6, 6.07) is 6.62. The number of hydrogen-bond acceptors (Lipinski definition) is 7. The molecule has 12 heteroatoms. The smallest absolute Gasteiger partial charge is 0.318 e. The topological polar surface area (TPSA) is 160 Å². The Balaban J connectivity index is 1.57. The second-order valence-corrected chi connectivity index (χ2v) is 13.5. The van der Waals surface area contributed by atoms with Gasteiger partial charge >= 0.3 is 6.03 Å². The van der Waals surface area contributed by atoms with E-state index in [9.17, 15) is 24.6 Å². The van der Waals surface area contributed by atoms with Crippen LogP contribution in [0.5, 0.6) is 0 Å². The maximum absolute atomic E-state index is 14.3. The van der Waals surface area contributed by atoms with Crippen molar-refractivity contribution in [2.75, 3.05) is 33.4 Å². The van der Waals surface area contributed by atoms with Crippen LogP contribution in [-0.2, 0) is 27.2 Å². The minimum absolute atomic E-state index is 0.0400. The summed E-state index contributed by atoms with van der Waals surface area (Å²) < 4.78 is 5.39. The number of likely N-dealkylation sites (N-methyl/N-ethyl adjacent to an activating group) is 1. The molecule has 2 aliphatic rings. The summed E-state index contributed by atoms with van der Waals surface area (Å²) in [5.41, 5.74) is 1.54. The van der Waals surface area contributed by atoms with Crippen molar-refractivity contribution in [2.45, 2.75) is 102 Å². The molecule has 0 bridgehead atoms. The van der Waals surface area contributed by atoms with Gasteiger partial charge in [0.15, 0.2) is 0 Å². The molecular formula is C35H54N6O6. The van der Waals surface area contributed by atoms with Crippen LogP contribution < -0.4 is 10.6 Å².